The molecular formula is C27H28N2O3. The number of hydrogen-bond acceptors (Lipinski definition) is 5. The Hall–Kier alpha value is -3.31. The number of pyridine rings is 1. The Balaban J connectivity index is 1.44. The molecule has 1 aromatic heterocycles. The van der Waals surface area contributed by atoms with E-state index in [2.05, 4.69) is 16.9 Å². The first-order valence-corrected chi connectivity index (χ1v) is 11.1. The molecule has 3 aromatic rings. The Bertz CT molecular complexity index is 1070. The number of ether oxygens (including phenoxy) is 1. The van der Waals surface area contributed by atoms with Crippen molar-refractivity contribution in [1.82, 2.24) is 9.88 Å². The number of likely N-dealkylation sites (tertiary alicyclic amines) is 1. The molecule has 1 saturated heterocycles. The van der Waals surface area contributed by atoms with Gasteiger partial charge < -0.3 is 9.64 Å². The lowest BCUT2D eigenvalue weighted by molar-refractivity contribution is 0.0850. The van der Waals surface area contributed by atoms with Crippen molar-refractivity contribution < 1.29 is 14.3 Å². The maximum absolute atomic E-state index is 13.1. The highest BCUT2D eigenvalue weighted by molar-refractivity contribution is 6.00. The summed E-state index contributed by atoms with van der Waals surface area (Å²) in [7, 11) is 2.08. The van der Waals surface area contributed by atoms with E-state index in [1.807, 2.05) is 54.6 Å². The van der Waals surface area contributed by atoms with Crippen LogP contribution in [0.5, 0.6) is 5.75 Å². The highest BCUT2D eigenvalue weighted by Crippen LogP contribution is 2.23. The van der Waals surface area contributed by atoms with E-state index in [-0.39, 0.29) is 23.9 Å². The number of carbonyl (C=O) groups excluding carboxylic acids is 2. The van der Waals surface area contributed by atoms with Crippen LogP contribution in [0.25, 0.3) is 0 Å². The lowest BCUT2D eigenvalue weighted by Gasteiger charge is -2.27. The van der Waals surface area contributed by atoms with E-state index in [9.17, 15) is 9.59 Å². The van der Waals surface area contributed by atoms with Gasteiger partial charge in [-0.1, -0.05) is 48.5 Å². The van der Waals surface area contributed by atoms with Gasteiger partial charge >= 0.3 is 0 Å². The molecule has 2 heterocycles. The second kappa shape index (κ2) is 10.3. The van der Waals surface area contributed by atoms with Crippen LogP contribution in [-0.4, -0.2) is 41.6 Å². The van der Waals surface area contributed by atoms with Crippen molar-refractivity contribution in [3.63, 3.8) is 0 Å². The van der Waals surface area contributed by atoms with E-state index in [1.165, 1.54) is 0 Å². The van der Waals surface area contributed by atoms with Gasteiger partial charge in [-0.15, -0.1) is 0 Å². The SMILES string of the molecule is CN1CCC(C(=O)c2cccc(CC(=O)c3ccccc3OCc3ccccc3)n2)CC1. The minimum absolute atomic E-state index is 0.0109. The fraction of sp³-hybridized carbons (Fsp3) is 0.296. The van der Waals surface area contributed by atoms with Gasteiger partial charge in [0.05, 0.1) is 12.0 Å². The van der Waals surface area contributed by atoms with Crippen LogP contribution in [0, 0.1) is 5.92 Å². The maximum Gasteiger partial charge on any atom is 0.184 e. The van der Waals surface area contributed by atoms with E-state index < -0.39 is 0 Å². The number of ketones is 2. The molecule has 0 radical (unpaired) electrons. The van der Waals surface area contributed by atoms with Crippen LogP contribution in [0.3, 0.4) is 0 Å². The van der Waals surface area contributed by atoms with Crippen molar-refractivity contribution >= 4 is 11.6 Å². The number of nitrogens with zero attached hydrogens (tertiary/aromatic N) is 2. The van der Waals surface area contributed by atoms with Crippen LogP contribution in [0.15, 0.2) is 72.8 Å². The summed E-state index contributed by atoms with van der Waals surface area (Å²) < 4.78 is 5.93. The second-order valence-electron chi connectivity index (χ2n) is 8.33. The lowest BCUT2D eigenvalue weighted by atomic mass is 9.91. The summed E-state index contributed by atoms with van der Waals surface area (Å²) in [6, 6.07) is 22.5. The van der Waals surface area contributed by atoms with E-state index in [1.54, 1.807) is 18.2 Å². The molecule has 32 heavy (non-hydrogen) atoms. The Labute approximate surface area is 189 Å². The van der Waals surface area contributed by atoms with Crippen molar-refractivity contribution in [2.75, 3.05) is 20.1 Å². The molecule has 1 aliphatic rings. The molecular weight excluding hydrogens is 400 g/mol. The molecule has 0 N–H and O–H groups in total. The summed E-state index contributed by atoms with van der Waals surface area (Å²) in [6.07, 6.45) is 1.83. The van der Waals surface area contributed by atoms with E-state index in [4.69, 9.17) is 4.74 Å². The molecule has 0 spiro atoms. The van der Waals surface area contributed by atoms with Gasteiger partial charge in [0.15, 0.2) is 11.6 Å². The number of aromatic nitrogens is 1. The summed E-state index contributed by atoms with van der Waals surface area (Å²) in [5.74, 6) is 0.570. The fourth-order valence-corrected chi connectivity index (χ4v) is 4.01. The third-order valence-corrected chi connectivity index (χ3v) is 5.91. The number of hydrogen-bond donors (Lipinski definition) is 0. The van der Waals surface area contributed by atoms with Crippen LogP contribution in [-0.2, 0) is 13.0 Å². The molecule has 1 aliphatic heterocycles. The van der Waals surface area contributed by atoms with Gasteiger partial charge in [-0.25, -0.2) is 4.98 Å². The molecule has 4 rings (SSSR count). The molecule has 0 saturated carbocycles. The minimum atomic E-state index is -0.0787. The monoisotopic (exact) mass is 428 g/mol. The summed E-state index contributed by atoms with van der Waals surface area (Å²) >= 11 is 0. The number of benzene rings is 2. The van der Waals surface area contributed by atoms with Crippen molar-refractivity contribution in [3.05, 3.63) is 95.3 Å². The molecule has 0 bridgehead atoms. The van der Waals surface area contributed by atoms with Crippen molar-refractivity contribution in [2.24, 2.45) is 5.92 Å². The molecule has 2 aromatic carbocycles. The average molecular weight is 429 g/mol. The highest BCUT2D eigenvalue weighted by atomic mass is 16.5. The first-order chi connectivity index (χ1) is 15.6. The summed E-state index contributed by atoms with van der Waals surface area (Å²) in [4.78, 5) is 32.7. The number of para-hydroxylation sites is 1. The Kier molecular flexibility index (Phi) is 7.07. The smallest absolute Gasteiger partial charge is 0.184 e. The second-order valence-corrected chi connectivity index (χ2v) is 8.33. The zero-order valence-corrected chi connectivity index (χ0v) is 18.4. The number of piperidine rings is 1. The van der Waals surface area contributed by atoms with Gasteiger partial charge in [-0.2, -0.15) is 0 Å². The third kappa shape index (κ3) is 5.48. The molecule has 0 atom stereocenters. The Morgan fingerprint density at radius 2 is 1.66 bits per heavy atom. The van der Waals surface area contributed by atoms with Gasteiger partial charge in [-0.05, 0) is 62.8 Å². The largest absolute Gasteiger partial charge is 0.488 e. The van der Waals surface area contributed by atoms with E-state index in [0.29, 0.717) is 29.3 Å². The zero-order valence-electron chi connectivity index (χ0n) is 18.4. The predicted molar refractivity (Wildman–Crippen MR) is 124 cm³/mol. The summed E-state index contributed by atoms with van der Waals surface area (Å²) in [6.45, 7) is 2.24. The molecule has 0 amide bonds. The van der Waals surface area contributed by atoms with E-state index in [0.717, 1.165) is 31.5 Å². The topological polar surface area (TPSA) is 59.5 Å². The number of carbonyl (C=O) groups is 2. The van der Waals surface area contributed by atoms with Crippen molar-refractivity contribution in [3.8, 4) is 5.75 Å². The Morgan fingerprint density at radius 3 is 2.44 bits per heavy atom. The van der Waals surface area contributed by atoms with Crippen LogP contribution >= 0.6 is 0 Å². The Morgan fingerprint density at radius 1 is 0.938 bits per heavy atom. The van der Waals surface area contributed by atoms with Gasteiger partial charge in [-0.3, -0.25) is 9.59 Å². The molecule has 1 fully saturated rings. The molecule has 164 valence electrons. The molecule has 5 heteroatoms. The zero-order chi connectivity index (χ0) is 22.3. The van der Waals surface area contributed by atoms with Crippen LogP contribution in [0.2, 0.25) is 0 Å². The fourth-order valence-electron chi connectivity index (χ4n) is 4.01. The van der Waals surface area contributed by atoms with E-state index >= 15 is 0 Å². The summed E-state index contributed by atoms with van der Waals surface area (Å²) in [5.41, 5.74) is 2.62. The molecule has 0 aliphatic carbocycles. The minimum Gasteiger partial charge on any atom is -0.488 e. The van der Waals surface area contributed by atoms with Gasteiger partial charge in [0.2, 0.25) is 0 Å². The third-order valence-electron chi connectivity index (χ3n) is 5.91. The van der Waals surface area contributed by atoms with Crippen molar-refractivity contribution in [2.45, 2.75) is 25.9 Å². The first kappa shape index (κ1) is 21.9. The summed E-state index contributed by atoms with van der Waals surface area (Å²) in [5, 5.41) is 0. The molecule has 5 nitrogen and oxygen atoms in total. The average Bonchev–Trinajstić information content (AvgIpc) is 2.84. The van der Waals surface area contributed by atoms with Gasteiger partial charge in [0.1, 0.15) is 18.1 Å². The first-order valence-electron chi connectivity index (χ1n) is 11.1. The van der Waals surface area contributed by atoms with Crippen LogP contribution in [0.4, 0.5) is 0 Å². The number of Topliss-reactive ketones (excluding diaryl/α,β-unsaturated/α-hetero) is 2. The molecule has 0 unspecified atom stereocenters. The standard InChI is InChI=1S/C27H28N2O3/c1-29-16-14-21(15-17-29)27(31)24-12-7-10-22(28-24)18-25(30)23-11-5-6-13-26(23)32-19-20-8-3-2-4-9-20/h2-13,21H,14-19H2,1H3. The number of rotatable bonds is 8. The highest BCUT2D eigenvalue weighted by Gasteiger charge is 2.25. The predicted octanol–water partition coefficient (Wildman–Crippen LogP) is 4.61. The van der Waals surface area contributed by atoms with Gasteiger partial charge in [0, 0.05) is 11.6 Å². The van der Waals surface area contributed by atoms with Crippen LogP contribution < -0.4 is 4.74 Å². The quantitative estimate of drug-likeness (QED) is 0.491. The normalized spacial score (nSPS) is 14.8. The van der Waals surface area contributed by atoms with Crippen molar-refractivity contribution in [1.29, 1.82) is 0 Å². The van der Waals surface area contributed by atoms with Crippen LogP contribution in [0.1, 0.15) is 44.9 Å². The van der Waals surface area contributed by atoms with Gasteiger partial charge in [0.25, 0.3) is 0 Å². The lowest BCUT2D eigenvalue weighted by Crippen LogP contribution is -2.33. The maximum atomic E-state index is 13.1.